The monoisotopic (exact) mass is 285 g/mol. The van der Waals surface area contributed by atoms with Gasteiger partial charge in [-0.05, 0) is 24.9 Å². The zero-order chi connectivity index (χ0) is 10.8. The summed E-state index contributed by atoms with van der Waals surface area (Å²) in [7, 11) is 0. The summed E-state index contributed by atoms with van der Waals surface area (Å²) in [6.45, 7) is 1.10. The Morgan fingerprint density at radius 1 is 1.11 bits per heavy atom. The molecule has 0 saturated carbocycles. The largest absolute Gasteiger partial charge is 0.341 e. The number of aromatic amines is 1. The van der Waals surface area contributed by atoms with Gasteiger partial charge in [0, 0.05) is 0 Å². The molecule has 2 aromatic rings. The summed E-state index contributed by atoms with van der Waals surface area (Å²) in [4.78, 5) is 7.85. The van der Waals surface area contributed by atoms with E-state index in [-0.39, 0.29) is 24.8 Å². The normalized spacial score (nSPS) is 17.9. The van der Waals surface area contributed by atoms with Gasteiger partial charge < -0.3 is 10.3 Å². The van der Waals surface area contributed by atoms with E-state index in [9.17, 15) is 0 Å². The molecule has 98 valence electrons. The maximum atomic E-state index is 4.46. The van der Waals surface area contributed by atoms with Crippen molar-refractivity contribution in [2.75, 3.05) is 6.54 Å². The van der Waals surface area contributed by atoms with Crippen LogP contribution >= 0.6 is 24.8 Å². The van der Waals surface area contributed by atoms with Gasteiger partial charge in [-0.1, -0.05) is 30.3 Å². The predicted octanol–water partition coefficient (Wildman–Crippen LogP) is 3.34. The number of hydrogen-bond acceptors (Lipinski definition) is 2. The number of halogens is 2. The second kappa shape index (κ2) is 6.78. The van der Waals surface area contributed by atoms with Crippen LogP contribution in [0.4, 0.5) is 0 Å². The van der Waals surface area contributed by atoms with Crippen molar-refractivity contribution in [3.8, 4) is 11.3 Å². The van der Waals surface area contributed by atoms with E-state index in [2.05, 4.69) is 27.4 Å². The standard InChI is InChI=1S/C13H15N3.2ClH/c1-2-5-10(6-3-1)12-9-15-13(16-12)11-7-4-8-14-11;;/h1-3,5-6,9,11,14H,4,7-8H2,(H,15,16);2*1H. The molecule has 3 rings (SSSR count). The van der Waals surface area contributed by atoms with Crippen LogP contribution in [-0.4, -0.2) is 16.5 Å². The highest BCUT2D eigenvalue weighted by molar-refractivity contribution is 5.85. The average molecular weight is 286 g/mol. The molecular formula is C13H17Cl2N3. The van der Waals surface area contributed by atoms with E-state index in [0.717, 1.165) is 18.1 Å². The molecule has 1 aromatic heterocycles. The third kappa shape index (κ3) is 3.05. The number of H-pyrrole nitrogens is 1. The number of nitrogens with one attached hydrogen (secondary N) is 2. The number of aromatic nitrogens is 2. The molecule has 0 spiro atoms. The van der Waals surface area contributed by atoms with Gasteiger partial charge in [-0.2, -0.15) is 0 Å². The Balaban J connectivity index is 0.000000810. The van der Waals surface area contributed by atoms with Gasteiger partial charge in [-0.3, -0.25) is 0 Å². The smallest absolute Gasteiger partial charge is 0.123 e. The van der Waals surface area contributed by atoms with E-state index in [1.807, 2.05) is 24.4 Å². The summed E-state index contributed by atoms with van der Waals surface area (Å²) in [5.41, 5.74) is 2.29. The molecule has 0 radical (unpaired) electrons. The van der Waals surface area contributed by atoms with Gasteiger partial charge in [-0.25, -0.2) is 4.98 Å². The molecule has 1 atom stereocenters. The Morgan fingerprint density at radius 3 is 2.56 bits per heavy atom. The molecule has 2 N–H and O–H groups in total. The van der Waals surface area contributed by atoms with Gasteiger partial charge in [0.1, 0.15) is 5.82 Å². The van der Waals surface area contributed by atoms with E-state index in [1.165, 1.54) is 18.4 Å². The first-order chi connectivity index (χ1) is 7.93. The minimum absolute atomic E-state index is 0. The van der Waals surface area contributed by atoms with Crippen molar-refractivity contribution in [1.29, 1.82) is 0 Å². The van der Waals surface area contributed by atoms with Crippen LogP contribution in [-0.2, 0) is 0 Å². The van der Waals surface area contributed by atoms with Gasteiger partial charge >= 0.3 is 0 Å². The van der Waals surface area contributed by atoms with E-state index < -0.39 is 0 Å². The van der Waals surface area contributed by atoms with Crippen LogP contribution in [0.2, 0.25) is 0 Å². The van der Waals surface area contributed by atoms with E-state index in [0.29, 0.717) is 6.04 Å². The van der Waals surface area contributed by atoms with Crippen LogP contribution < -0.4 is 5.32 Å². The second-order valence-corrected chi connectivity index (χ2v) is 4.20. The van der Waals surface area contributed by atoms with Gasteiger partial charge in [0.25, 0.3) is 0 Å². The molecule has 1 aromatic carbocycles. The fraction of sp³-hybridized carbons (Fsp3) is 0.308. The Hall–Kier alpha value is -1.03. The van der Waals surface area contributed by atoms with Crippen molar-refractivity contribution < 1.29 is 0 Å². The van der Waals surface area contributed by atoms with Crippen molar-refractivity contribution in [3.05, 3.63) is 42.4 Å². The lowest BCUT2D eigenvalue weighted by Gasteiger charge is -2.05. The summed E-state index contributed by atoms with van der Waals surface area (Å²) in [6.07, 6.45) is 4.35. The van der Waals surface area contributed by atoms with Gasteiger partial charge in [-0.15, -0.1) is 24.8 Å². The van der Waals surface area contributed by atoms with Crippen molar-refractivity contribution in [2.45, 2.75) is 18.9 Å². The summed E-state index contributed by atoms with van der Waals surface area (Å²) in [5, 5.41) is 3.44. The number of hydrogen-bond donors (Lipinski definition) is 2. The molecule has 2 heterocycles. The molecular weight excluding hydrogens is 269 g/mol. The Bertz CT molecular complexity index is 464. The van der Waals surface area contributed by atoms with Crippen LogP contribution in [0.15, 0.2) is 36.5 Å². The van der Waals surface area contributed by atoms with Gasteiger partial charge in [0.15, 0.2) is 0 Å². The zero-order valence-electron chi connectivity index (χ0n) is 9.93. The zero-order valence-corrected chi connectivity index (χ0v) is 11.6. The summed E-state index contributed by atoms with van der Waals surface area (Å²) in [5.74, 6) is 1.07. The quantitative estimate of drug-likeness (QED) is 0.889. The first-order valence-electron chi connectivity index (χ1n) is 5.77. The van der Waals surface area contributed by atoms with E-state index in [4.69, 9.17) is 0 Å². The first-order valence-corrected chi connectivity index (χ1v) is 5.77. The van der Waals surface area contributed by atoms with Gasteiger partial charge in [0.05, 0.1) is 17.9 Å². The van der Waals surface area contributed by atoms with Crippen molar-refractivity contribution in [2.24, 2.45) is 0 Å². The molecule has 18 heavy (non-hydrogen) atoms. The lowest BCUT2D eigenvalue weighted by Crippen LogP contribution is -2.14. The molecule has 1 unspecified atom stereocenters. The molecule has 5 heteroatoms. The second-order valence-electron chi connectivity index (χ2n) is 4.20. The highest BCUT2D eigenvalue weighted by Gasteiger charge is 2.18. The van der Waals surface area contributed by atoms with Crippen LogP contribution in [0.5, 0.6) is 0 Å². The van der Waals surface area contributed by atoms with Crippen molar-refractivity contribution in [3.63, 3.8) is 0 Å². The van der Waals surface area contributed by atoms with E-state index in [1.54, 1.807) is 0 Å². The SMILES string of the molecule is Cl.Cl.c1ccc(-c2cnc(C3CCCN3)[nH]2)cc1. The highest BCUT2D eigenvalue weighted by atomic mass is 35.5. The fourth-order valence-electron chi connectivity index (χ4n) is 2.20. The summed E-state index contributed by atoms with van der Waals surface area (Å²) < 4.78 is 0. The molecule has 3 nitrogen and oxygen atoms in total. The third-order valence-corrected chi connectivity index (χ3v) is 3.07. The maximum Gasteiger partial charge on any atom is 0.123 e. The van der Waals surface area contributed by atoms with Crippen molar-refractivity contribution in [1.82, 2.24) is 15.3 Å². The third-order valence-electron chi connectivity index (χ3n) is 3.07. The van der Waals surface area contributed by atoms with Gasteiger partial charge in [0.2, 0.25) is 0 Å². The number of benzene rings is 1. The molecule has 1 saturated heterocycles. The molecule has 1 aliphatic heterocycles. The molecule has 0 bridgehead atoms. The first kappa shape index (κ1) is 15.0. The lowest BCUT2D eigenvalue weighted by atomic mass is 10.2. The Morgan fingerprint density at radius 2 is 1.89 bits per heavy atom. The maximum absolute atomic E-state index is 4.46. The van der Waals surface area contributed by atoms with Crippen LogP contribution in [0.1, 0.15) is 24.7 Å². The predicted molar refractivity (Wildman–Crippen MR) is 78.5 cm³/mol. The van der Waals surface area contributed by atoms with E-state index >= 15 is 0 Å². The van der Waals surface area contributed by atoms with Crippen LogP contribution in [0.3, 0.4) is 0 Å². The number of nitrogens with zero attached hydrogens (tertiary/aromatic N) is 1. The minimum Gasteiger partial charge on any atom is -0.341 e. The van der Waals surface area contributed by atoms with Crippen molar-refractivity contribution >= 4 is 24.8 Å². The molecule has 1 fully saturated rings. The van der Waals surface area contributed by atoms with Crippen LogP contribution in [0, 0.1) is 0 Å². The summed E-state index contributed by atoms with van der Waals surface area (Å²) >= 11 is 0. The molecule has 0 amide bonds. The fourth-order valence-corrected chi connectivity index (χ4v) is 2.20. The average Bonchev–Trinajstić information content (AvgIpc) is 3.01. The Labute approximate surface area is 119 Å². The topological polar surface area (TPSA) is 40.7 Å². The minimum atomic E-state index is 0. The number of imidazole rings is 1. The molecule has 1 aliphatic rings. The number of rotatable bonds is 2. The van der Waals surface area contributed by atoms with Crippen LogP contribution in [0.25, 0.3) is 11.3 Å². The molecule has 0 aliphatic carbocycles. The Kier molecular flexibility index (Phi) is 5.66. The highest BCUT2D eigenvalue weighted by Crippen LogP contribution is 2.23. The lowest BCUT2D eigenvalue weighted by molar-refractivity contribution is 0.613. The summed E-state index contributed by atoms with van der Waals surface area (Å²) in [6, 6.07) is 10.7.